The average Bonchev–Trinajstić information content (AvgIpc) is 2.96. The van der Waals surface area contributed by atoms with Gasteiger partial charge < -0.3 is 0 Å². The first-order valence-electron chi connectivity index (χ1n) is 7.11. The topological polar surface area (TPSA) is 67.3 Å². The second-order valence-corrected chi connectivity index (χ2v) is 7.47. The Balaban J connectivity index is 1.81. The van der Waals surface area contributed by atoms with E-state index in [0.29, 0.717) is 16.0 Å². The van der Waals surface area contributed by atoms with E-state index in [1.54, 1.807) is 6.20 Å². The molecule has 0 fully saturated rings. The molecule has 0 amide bonds. The predicted molar refractivity (Wildman–Crippen MR) is 91.7 cm³/mol. The summed E-state index contributed by atoms with van der Waals surface area (Å²) in [7, 11) is 0. The highest BCUT2D eigenvalue weighted by molar-refractivity contribution is 7.99. The molecule has 1 aromatic carbocycles. The Bertz CT molecular complexity index is 808. The number of rotatable bonds is 3. The Morgan fingerprint density at radius 1 is 1.04 bits per heavy atom. The van der Waals surface area contributed by atoms with Crippen molar-refractivity contribution in [2.45, 2.75) is 36.4 Å². The summed E-state index contributed by atoms with van der Waals surface area (Å²) < 4.78 is 0. The Hall–Kier alpha value is -1.92. The number of aromatic amines is 1. The van der Waals surface area contributed by atoms with E-state index in [1.165, 1.54) is 11.8 Å². The zero-order valence-corrected chi connectivity index (χ0v) is 14.6. The number of H-pyrrole nitrogens is 1. The summed E-state index contributed by atoms with van der Waals surface area (Å²) in [5, 5.41) is 9.31. The lowest BCUT2D eigenvalue weighted by molar-refractivity contribution is 0.538. The van der Waals surface area contributed by atoms with Gasteiger partial charge in [-0.2, -0.15) is 0 Å². The van der Waals surface area contributed by atoms with Crippen molar-refractivity contribution in [3.8, 4) is 11.4 Å². The summed E-state index contributed by atoms with van der Waals surface area (Å²) in [5.74, 6) is 1.50. The first-order valence-corrected chi connectivity index (χ1v) is 8.31. The van der Waals surface area contributed by atoms with Crippen LogP contribution in [0.25, 0.3) is 11.4 Å². The third kappa shape index (κ3) is 3.89. The number of nitrogens with one attached hydrogen (secondary N) is 1. The molecule has 2 aromatic heterocycles. The molecule has 0 unspecified atom stereocenters. The minimum atomic E-state index is -0.0932. The lowest BCUT2D eigenvalue weighted by Crippen LogP contribution is -2.15. The number of nitrogens with zero attached hydrogens (tertiary/aromatic N) is 4. The lowest BCUT2D eigenvalue weighted by Gasteiger charge is -2.16. The second-order valence-electron chi connectivity index (χ2n) is 6.04. The third-order valence-corrected chi connectivity index (χ3v) is 4.13. The van der Waals surface area contributed by atoms with Crippen LogP contribution in [0.5, 0.6) is 0 Å². The fourth-order valence-corrected chi connectivity index (χ4v) is 2.69. The van der Waals surface area contributed by atoms with Gasteiger partial charge >= 0.3 is 0 Å². The monoisotopic (exact) mass is 345 g/mol. The van der Waals surface area contributed by atoms with Gasteiger partial charge in [-0.1, -0.05) is 32.4 Å². The summed E-state index contributed by atoms with van der Waals surface area (Å²) in [6.45, 7) is 6.26. The molecule has 7 heteroatoms. The third-order valence-electron chi connectivity index (χ3n) is 3.08. The predicted octanol–water partition coefficient (Wildman–Crippen LogP) is 4.36. The normalized spacial score (nSPS) is 11.7. The Labute approximate surface area is 143 Å². The Morgan fingerprint density at radius 3 is 2.48 bits per heavy atom. The molecule has 0 aliphatic heterocycles. The number of aromatic nitrogens is 5. The van der Waals surface area contributed by atoms with E-state index in [0.717, 1.165) is 16.4 Å². The van der Waals surface area contributed by atoms with Crippen molar-refractivity contribution < 1.29 is 0 Å². The van der Waals surface area contributed by atoms with Crippen LogP contribution in [-0.4, -0.2) is 25.1 Å². The zero-order chi connectivity index (χ0) is 16.4. The van der Waals surface area contributed by atoms with Crippen molar-refractivity contribution in [1.82, 2.24) is 25.1 Å². The highest BCUT2D eigenvalue weighted by Crippen LogP contribution is 2.27. The standard InChI is InChI=1S/C16H16ClN5S/c1-16(2,3)14-18-9-8-12(19-14)23-15-20-13(21-22-15)10-4-6-11(17)7-5-10/h4-9H,1-3H3,(H,20,21,22). The molecule has 3 rings (SSSR count). The van der Waals surface area contributed by atoms with E-state index >= 15 is 0 Å². The molecule has 5 nitrogen and oxygen atoms in total. The molecule has 23 heavy (non-hydrogen) atoms. The Morgan fingerprint density at radius 2 is 1.78 bits per heavy atom. The molecule has 0 saturated carbocycles. The van der Waals surface area contributed by atoms with Crippen LogP contribution >= 0.6 is 23.4 Å². The number of hydrogen-bond acceptors (Lipinski definition) is 5. The minimum absolute atomic E-state index is 0.0932. The average molecular weight is 346 g/mol. The van der Waals surface area contributed by atoms with Crippen molar-refractivity contribution in [3.63, 3.8) is 0 Å². The quantitative estimate of drug-likeness (QED) is 0.714. The molecule has 118 valence electrons. The van der Waals surface area contributed by atoms with Gasteiger partial charge in [-0.3, -0.25) is 5.10 Å². The molecule has 0 aliphatic carbocycles. The number of halogens is 1. The van der Waals surface area contributed by atoms with Gasteiger partial charge in [-0.05, 0) is 42.1 Å². The van der Waals surface area contributed by atoms with Gasteiger partial charge in [-0.25, -0.2) is 15.0 Å². The SMILES string of the molecule is CC(C)(C)c1nccc(Sc2n[nH]c(-c3ccc(Cl)cc3)n2)n1. The molecule has 0 spiro atoms. The summed E-state index contributed by atoms with van der Waals surface area (Å²) >= 11 is 7.30. The van der Waals surface area contributed by atoms with Crippen LogP contribution in [0.15, 0.2) is 46.7 Å². The first-order chi connectivity index (χ1) is 10.9. The minimum Gasteiger partial charge on any atom is -0.258 e. The maximum atomic E-state index is 5.90. The fourth-order valence-electron chi connectivity index (χ4n) is 1.88. The van der Waals surface area contributed by atoms with E-state index in [2.05, 4.69) is 45.9 Å². The molecule has 0 saturated heterocycles. The molecule has 0 radical (unpaired) electrons. The van der Waals surface area contributed by atoms with Gasteiger partial charge in [0.2, 0.25) is 5.16 Å². The van der Waals surface area contributed by atoms with Crippen LogP contribution in [0.1, 0.15) is 26.6 Å². The highest BCUT2D eigenvalue weighted by atomic mass is 35.5. The van der Waals surface area contributed by atoms with Gasteiger partial charge in [0.15, 0.2) is 5.82 Å². The maximum Gasteiger partial charge on any atom is 0.215 e. The van der Waals surface area contributed by atoms with Crippen molar-refractivity contribution in [1.29, 1.82) is 0 Å². The van der Waals surface area contributed by atoms with Crippen LogP contribution in [-0.2, 0) is 5.41 Å². The van der Waals surface area contributed by atoms with Crippen molar-refractivity contribution >= 4 is 23.4 Å². The molecule has 0 bridgehead atoms. The molecule has 3 aromatic rings. The highest BCUT2D eigenvalue weighted by Gasteiger charge is 2.18. The van der Waals surface area contributed by atoms with Crippen LogP contribution in [0.3, 0.4) is 0 Å². The van der Waals surface area contributed by atoms with E-state index in [4.69, 9.17) is 11.6 Å². The van der Waals surface area contributed by atoms with Crippen LogP contribution < -0.4 is 0 Å². The van der Waals surface area contributed by atoms with E-state index in [1.807, 2.05) is 30.3 Å². The van der Waals surface area contributed by atoms with Gasteiger partial charge in [-0.15, -0.1) is 5.10 Å². The van der Waals surface area contributed by atoms with Gasteiger partial charge in [0.1, 0.15) is 10.9 Å². The molecule has 2 heterocycles. The van der Waals surface area contributed by atoms with Crippen LogP contribution in [0, 0.1) is 0 Å². The van der Waals surface area contributed by atoms with Crippen molar-refractivity contribution in [2.24, 2.45) is 0 Å². The molecule has 0 atom stereocenters. The number of hydrogen-bond donors (Lipinski definition) is 1. The number of benzene rings is 1. The summed E-state index contributed by atoms with van der Waals surface area (Å²) in [6, 6.07) is 9.32. The van der Waals surface area contributed by atoms with E-state index < -0.39 is 0 Å². The van der Waals surface area contributed by atoms with Gasteiger partial charge in [0.05, 0.1) is 0 Å². The van der Waals surface area contributed by atoms with E-state index in [-0.39, 0.29) is 5.41 Å². The van der Waals surface area contributed by atoms with E-state index in [9.17, 15) is 0 Å². The maximum absolute atomic E-state index is 5.90. The molecular weight excluding hydrogens is 330 g/mol. The van der Waals surface area contributed by atoms with Crippen molar-refractivity contribution in [2.75, 3.05) is 0 Å². The molecule has 1 N–H and O–H groups in total. The van der Waals surface area contributed by atoms with Crippen molar-refractivity contribution in [3.05, 3.63) is 47.4 Å². The lowest BCUT2D eigenvalue weighted by atomic mass is 9.96. The fraction of sp³-hybridized carbons (Fsp3) is 0.250. The smallest absolute Gasteiger partial charge is 0.215 e. The van der Waals surface area contributed by atoms with Gasteiger partial charge in [0.25, 0.3) is 0 Å². The largest absolute Gasteiger partial charge is 0.258 e. The van der Waals surface area contributed by atoms with Crippen LogP contribution in [0.2, 0.25) is 5.02 Å². The molecular formula is C16H16ClN5S. The molecule has 0 aliphatic rings. The zero-order valence-electron chi connectivity index (χ0n) is 13.0. The summed E-state index contributed by atoms with van der Waals surface area (Å²) in [6.07, 6.45) is 1.77. The summed E-state index contributed by atoms with van der Waals surface area (Å²) in [5.41, 5.74) is 0.844. The first kappa shape index (κ1) is 16.0. The second kappa shape index (κ2) is 6.29. The summed E-state index contributed by atoms with van der Waals surface area (Å²) in [4.78, 5) is 13.4. The Kier molecular flexibility index (Phi) is 4.37. The van der Waals surface area contributed by atoms with Crippen LogP contribution in [0.4, 0.5) is 0 Å². The van der Waals surface area contributed by atoms with Gasteiger partial charge in [0, 0.05) is 22.2 Å².